The Morgan fingerprint density at radius 1 is 0.611 bits per heavy atom. The summed E-state index contributed by atoms with van der Waals surface area (Å²) in [5, 5.41) is 2.75. The third kappa shape index (κ3) is 3.29. The zero-order valence-corrected chi connectivity index (χ0v) is 23.0. The van der Waals surface area contributed by atoms with Crippen LogP contribution in [0.15, 0.2) is 78.9 Å². The molecule has 1 aliphatic carbocycles. The minimum absolute atomic E-state index is 0.0646. The van der Waals surface area contributed by atoms with Crippen LogP contribution >= 0.6 is 0 Å². The first kappa shape index (κ1) is 23.1. The second-order valence-electron chi connectivity index (χ2n) is 13.2. The zero-order chi connectivity index (χ0) is 25.6. The number of benzene rings is 4. The molecule has 0 unspecified atom stereocenters. The van der Waals surface area contributed by atoms with Crippen molar-refractivity contribution in [3.63, 3.8) is 0 Å². The lowest BCUT2D eigenvalue weighted by Gasteiger charge is -2.29. The normalized spacial score (nSPS) is 14.9. The van der Waals surface area contributed by atoms with Gasteiger partial charge in [0.1, 0.15) is 0 Å². The van der Waals surface area contributed by atoms with E-state index in [4.69, 9.17) is 0 Å². The molecule has 1 heteroatoms. The Morgan fingerprint density at radius 2 is 1.19 bits per heavy atom. The maximum Gasteiger partial charge on any atom is 0.0547 e. The van der Waals surface area contributed by atoms with Crippen molar-refractivity contribution in [3.05, 3.63) is 101 Å². The summed E-state index contributed by atoms with van der Waals surface area (Å²) >= 11 is 0. The van der Waals surface area contributed by atoms with Crippen molar-refractivity contribution < 1.29 is 0 Å². The Bertz CT molecular complexity index is 1630. The molecule has 0 radical (unpaired) electrons. The molecule has 1 aromatic heterocycles. The van der Waals surface area contributed by atoms with Gasteiger partial charge >= 0.3 is 0 Å². The number of aromatic nitrogens is 1. The fraction of sp³-hybridized carbons (Fsp3) is 0.314. The van der Waals surface area contributed by atoms with Crippen molar-refractivity contribution in [1.29, 1.82) is 0 Å². The molecular formula is C35H37N. The van der Waals surface area contributed by atoms with Gasteiger partial charge in [-0.3, -0.25) is 0 Å². The second-order valence-corrected chi connectivity index (χ2v) is 13.2. The van der Waals surface area contributed by atoms with Gasteiger partial charge in [-0.05, 0) is 68.5 Å². The van der Waals surface area contributed by atoms with E-state index in [9.17, 15) is 0 Å². The molecule has 36 heavy (non-hydrogen) atoms. The predicted octanol–water partition coefficient (Wildman–Crippen LogP) is 9.68. The summed E-state index contributed by atoms with van der Waals surface area (Å²) < 4.78 is 2.52. The van der Waals surface area contributed by atoms with Crippen LogP contribution < -0.4 is 0 Å². The Balaban J connectivity index is 1.82. The van der Waals surface area contributed by atoms with E-state index in [0.717, 1.165) is 0 Å². The first-order valence-corrected chi connectivity index (χ1v) is 13.2. The average Bonchev–Trinajstić information content (AvgIpc) is 3.17. The van der Waals surface area contributed by atoms with E-state index >= 15 is 0 Å². The van der Waals surface area contributed by atoms with Crippen LogP contribution in [0.2, 0.25) is 0 Å². The summed E-state index contributed by atoms with van der Waals surface area (Å²) in [5.41, 5.74) is 12.0. The molecule has 1 aliphatic rings. The molecule has 1 nitrogen and oxygen atoms in total. The van der Waals surface area contributed by atoms with Gasteiger partial charge in [-0.2, -0.15) is 0 Å². The van der Waals surface area contributed by atoms with Crippen molar-refractivity contribution >= 4 is 21.8 Å². The summed E-state index contributed by atoms with van der Waals surface area (Å²) in [6.07, 6.45) is 0. The van der Waals surface area contributed by atoms with Gasteiger partial charge in [0.05, 0.1) is 11.0 Å². The van der Waals surface area contributed by atoms with E-state index in [-0.39, 0.29) is 16.2 Å². The van der Waals surface area contributed by atoms with Gasteiger partial charge in [-0.15, -0.1) is 0 Å². The van der Waals surface area contributed by atoms with Gasteiger partial charge in [0.2, 0.25) is 0 Å². The number of nitrogens with zero attached hydrogens (tertiary/aromatic N) is 1. The quantitative estimate of drug-likeness (QED) is 0.229. The first-order valence-electron chi connectivity index (χ1n) is 13.2. The van der Waals surface area contributed by atoms with Crippen molar-refractivity contribution in [2.75, 3.05) is 0 Å². The molecule has 0 spiro atoms. The highest BCUT2D eigenvalue weighted by molar-refractivity contribution is 6.17. The lowest BCUT2D eigenvalue weighted by atomic mass is 9.74. The number of fused-ring (bicyclic) bond motifs is 3. The van der Waals surface area contributed by atoms with Crippen LogP contribution in [0.3, 0.4) is 0 Å². The molecule has 1 heterocycles. The summed E-state index contributed by atoms with van der Waals surface area (Å²) in [6.45, 7) is 18.6. The van der Waals surface area contributed by atoms with E-state index < -0.39 is 0 Å². The molecule has 6 rings (SSSR count). The lowest BCUT2D eigenvalue weighted by Crippen LogP contribution is -2.20. The summed E-state index contributed by atoms with van der Waals surface area (Å²) in [7, 11) is 0. The van der Waals surface area contributed by atoms with E-state index in [1.54, 1.807) is 0 Å². The lowest BCUT2D eigenvalue weighted by molar-refractivity contribution is 0.568. The molecule has 0 saturated heterocycles. The fourth-order valence-corrected chi connectivity index (χ4v) is 5.99. The molecule has 0 saturated carbocycles. The predicted molar refractivity (Wildman–Crippen MR) is 156 cm³/mol. The van der Waals surface area contributed by atoms with Gasteiger partial charge in [-0.1, -0.05) is 110 Å². The maximum atomic E-state index is 2.52. The standard InChI is InChI=1S/C35H37N/c1-33(2,3)24-19-25(34(4,5)6)21-26(20-24)36-29-16-10-14-27-22-12-9-13-23(18-22)35(7,8)28-15-11-17-30(36)32(28)31(27)29/h9-21H,1-8H3. The topological polar surface area (TPSA) is 4.93 Å². The van der Waals surface area contributed by atoms with Crippen LogP contribution in [-0.2, 0) is 16.2 Å². The van der Waals surface area contributed by atoms with Gasteiger partial charge in [0, 0.05) is 21.9 Å². The molecule has 0 aliphatic heterocycles. The van der Waals surface area contributed by atoms with Crippen LogP contribution in [-0.4, -0.2) is 4.57 Å². The Kier molecular flexibility index (Phi) is 4.72. The Morgan fingerprint density at radius 3 is 1.83 bits per heavy atom. The highest BCUT2D eigenvalue weighted by atomic mass is 15.0. The number of hydrogen-bond donors (Lipinski definition) is 0. The minimum atomic E-state index is -0.0913. The van der Waals surface area contributed by atoms with Gasteiger partial charge in [0.25, 0.3) is 0 Å². The van der Waals surface area contributed by atoms with E-state index in [2.05, 4.69) is 139 Å². The largest absolute Gasteiger partial charge is 0.309 e. The van der Waals surface area contributed by atoms with E-state index in [1.165, 1.54) is 60.9 Å². The van der Waals surface area contributed by atoms with E-state index in [1.807, 2.05) is 0 Å². The number of hydrogen-bond acceptors (Lipinski definition) is 0. The highest BCUT2D eigenvalue weighted by Crippen LogP contribution is 2.47. The summed E-state index contributed by atoms with van der Waals surface area (Å²) in [4.78, 5) is 0. The smallest absolute Gasteiger partial charge is 0.0547 e. The van der Waals surface area contributed by atoms with Crippen molar-refractivity contribution in [1.82, 2.24) is 4.57 Å². The molecule has 5 aromatic rings. The summed E-state index contributed by atoms with van der Waals surface area (Å²) in [5.74, 6) is 0. The van der Waals surface area contributed by atoms with Gasteiger partial charge in [0.15, 0.2) is 0 Å². The molecule has 0 N–H and O–H groups in total. The second kappa shape index (κ2) is 7.35. The molecule has 182 valence electrons. The average molecular weight is 472 g/mol. The highest BCUT2D eigenvalue weighted by Gasteiger charge is 2.31. The van der Waals surface area contributed by atoms with Crippen molar-refractivity contribution in [2.45, 2.75) is 71.6 Å². The third-order valence-corrected chi connectivity index (χ3v) is 8.29. The van der Waals surface area contributed by atoms with Crippen molar-refractivity contribution in [3.8, 4) is 16.8 Å². The molecule has 0 fully saturated rings. The van der Waals surface area contributed by atoms with Crippen LogP contribution in [0, 0.1) is 0 Å². The Labute approximate surface area is 215 Å². The zero-order valence-electron chi connectivity index (χ0n) is 23.0. The van der Waals surface area contributed by atoms with E-state index in [0.29, 0.717) is 0 Å². The maximum absolute atomic E-state index is 2.52. The molecular weight excluding hydrogens is 434 g/mol. The summed E-state index contributed by atoms with van der Waals surface area (Å²) in [6, 6.07) is 30.1. The van der Waals surface area contributed by atoms with Crippen LogP contribution in [0.5, 0.6) is 0 Å². The van der Waals surface area contributed by atoms with Crippen molar-refractivity contribution in [2.24, 2.45) is 0 Å². The molecule has 0 amide bonds. The van der Waals surface area contributed by atoms with Crippen LogP contribution in [0.25, 0.3) is 38.6 Å². The molecule has 2 bridgehead atoms. The van der Waals surface area contributed by atoms with Gasteiger partial charge in [-0.25, -0.2) is 0 Å². The SMILES string of the molecule is CC(C)(C)c1cc(-n2c3cccc4c3c3c(cccc32)C(C)(C)c2cccc-4c2)cc(C(C)(C)C)c1. The minimum Gasteiger partial charge on any atom is -0.309 e. The third-order valence-electron chi connectivity index (χ3n) is 8.29. The fourth-order valence-electron chi connectivity index (χ4n) is 5.99. The van der Waals surface area contributed by atoms with Gasteiger partial charge < -0.3 is 4.57 Å². The monoisotopic (exact) mass is 471 g/mol. The first-order chi connectivity index (χ1) is 16.9. The number of rotatable bonds is 1. The van der Waals surface area contributed by atoms with Crippen LogP contribution in [0.4, 0.5) is 0 Å². The van der Waals surface area contributed by atoms with Crippen LogP contribution in [0.1, 0.15) is 77.6 Å². The Hall–Kier alpha value is -3.32. The molecule has 4 aromatic carbocycles. The molecule has 0 atom stereocenters.